The lowest BCUT2D eigenvalue weighted by Crippen LogP contribution is -2.41. The van der Waals surface area contributed by atoms with Crippen molar-refractivity contribution in [2.45, 2.75) is 24.3 Å². The van der Waals surface area contributed by atoms with E-state index in [1.807, 2.05) is 0 Å². The van der Waals surface area contributed by atoms with Crippen LogP contribution in [0.2, 0.25) is 15.1 Å². The van der Waals surface area contributed by atoms with E-state index in [0.29, 0.717) is 28.5 Å². The first-order chi connectivity index (χ1) is 17.1. The number of nitrogens with zero attached hydrogens (tertiary/aromatic N) is 4. The summed E-state index contributed by atoms with van der Waals surface area (Å²) in [6.45, 7) is 0.516. The highest BCUT2D eigenvalue weighted by atomic mass is 35.5. The van der Waals surface area contributed by atoms with Gasteiger partial charge in [0.15, 0.2) is 5.82 Å². The maximum absolute atomic E-state index is 12.9. The van der Waals surface area contributed by atoms with Gasteiger partial charge in [-0.15, -0.1) is 0 Å². The van der Waals surface area contributed by atoms with Crippen LogP contribution in [-0.4, -0.2) is 46.4 Å². The third-order valence-corrected chi connectivity index (χ3v) is 8.75. The number of sulfonamides is 1. The van der Waals surface area contributed by atoms with Gasteiger partial charge in [-0.2, -0.15) is 9.40 Å². The standard InChI is InChI=1S/C22H20Cl3N5O5S/c23-18-2-1-3-19(24)17(18)12-28-13-20(25)21(27-28)26-22(31)14-8-10-29(11-9-14)36(34,35)16-6-4-15(5-7-16)30(32)33/h1-7,13-14H,8-12H2,(H,26,27,31). The van der Waals surface area contributed by atoms with Gasteiger partial charge in [-0.25, -0.2) is 8.42 Å². The number of aromatic nitrogens is 2. The number of amides is 1. The fourth-order valence-electron chi connectivity index (χ4n) is 3.87. The van der Waals surface area contributed by atoms with E-state index in [-0.39, 0.29) is 47.0 Å². The van der Waals surface area contributed by atoms with E-state index in [0.717, 1.165) is 12.1 Å². The maximum Gasteiger partial charge on any atom is 0.269 e. The topological polar surface area (TPSA) is 127 Å². The molecule has 3 aromatic rings. The highest BCUT2D eigenvalue weighted by molar-refractivity contribution is 7.89. The van der Waals surface area contributed by atoms with Gasteiger partial charge in [0.05, 0.1) is 16.4 Å². The molecule has 2 heterocycles. The molecular weight excluding hydrogens is 553 g/mol. The molecule has 2 aromatic carbocycles. The maximum atomic E-state index is 12.9. The van der Waals surface area contributed by atoms with E-state index >= 15 is 0 Å². The number of rotatable bonds is 7. The number of benzene rings is 2. The van der Waals surface area contributed by atoms with E-state index in [1.165, 1.54) is 21.1 Å². The van der Waals surface area contributed by atoms with Crippen LogP contribution in [0.25, 0.3) is 0 Å². The Labute approximate surface area is 221 Å². The Bertz CT molecular complexity index is 1380. The normalized spacial score (nSPS) is 15.1. The summed E-state index contributed by atoms with van der Waals surface area (Å²) >= 11 is 18.7. The van der Waals surface area contributed by atoms with Crippen molar-refractivity contribution in [1.82, 2.24) is 14.1 Å². The number of nitro groups is 1. The van der Waals surface area contributed by atoms with Gasteiger partial charge in [-0.3, -0.25) is 19.6 Å². The zero-order valence-electron chi connectivity index (χ0n) is 18.6. The Morgan fingerprint density at radius 2 is 1.67 bits per heavy atom. The number of nitro benzene ring substituents is 1. The Hall–Kier alpha value is -2.70. The van der Waals surface area contributed by atoms with Crippen molar-refractivity contribution < 1.29 is 18.1 Å². The molecule has 0 saturated carbocycles. The Kier molecular flexibility index (Phi) is 7.86. The first-order valence-electron chi connectivity index (χ1n) is 10.8. The summed E-state index contributed by atoms with van der Waals surface area (Å²) in [5.41, 5.74) is 0.472. The first kappa shape index (κ1) is 26.4. The molecule has 0 unspecified atom stereocenters. The van der Waals surface area contributed by atoms with Gasteiger partial charge in [0, 0.05) is 52.9 Å². The average Bonchev–Trinajstić information content (AvgIpc) is 3.20. The second-order valence-corrected chi connectivity index (χ2v) is 11.3. The minimum Gasteiger partial charge on any atom is -0.308 e. The zero-order valence-corrected chi connectivity index (χ0v) is 21.7. The molecule has 1 aromatic heterocycles. The van der Waals surface area contributed by atoms with Crippen LogP contribution < -0.4 is 5.32 Å². The molecule has 190 valence electrons. The summed E-state index contributed by atoms with van der Waals surface area (Å²) in [5, 5.41) is 19.0. The van der Waals surface area contributed by atoms with E-state index < -0.39 is 20.9 Å². The van der Waals surface area contributed by atoms with Gasteiger partial charge in [0.25, 0.3) is 5.69 Å². The lowest BCUT2D eigenvalue weighted by molar-refractivity contribution is -0.384. The van der Waals surface area contributed by atoms with Crippen molar-refractivity contribution in [2.75, 3.05) is 18.4 Å². The van der Waals surface area contributed by atoms with Crippen molar-refractivity contribution >= 4 is 62.2 Å². The van der Waals surface area contributed by atoms with Crippen molar-refractivity contribution in [3.63, 3.8) is 0 Å². The van der Waals surface area contributed by atoms with Gasteiger partial charge in [0.2, 0.25) is 15.9 Å². The Balaban J connectivity index is 1.37. The van der Waals surface area contributed by atoms with Gasteiger partial charge < -0.3 is 5.32 Å². The summed E-state index contributed by atoms with van der Waals surface area (Å²) in [4.78, 5) is 23.0. The number of piperidine rings is 1. The van der Waals surface area contributed by atoms with E-state index in [2.05, 4.69) is 10.4 Å². The molecule has 1 fully saturated rings. The van der Waals surface area contributed by atoms with Crippen LogP contribution in [-0.2, 0) is 21.4 Å². The predicted octanol–water partition coefficient (Wildman–Crippen LogP) is 4.84. The van der Waals surface area contributed by atoms with Crippen molar-refractivity contribution in [3.05, 3.63) is 79.4 Å². The summed E-state index contributed by atoms with van der Waals surface area (Å²) in [6, 6.07) is 9.87. The first-order valence-corrected chi connectivity index (χ1v) is 13.3. The van der Waals surface area contributed by atoms with E-state index in [9.17, 15) is 23.3 Å². The predicted molar refractivity (Wildman–Crippen MR) is 136 cm³/mol. The fourth-order valence-corrected chi connectivity index (χ4v) is 6.06. The molecule has 0 atom stereocenters. The molecule has 1 aliphatic heterocycles. The molecule has 36 heavy (non-hydrogen) atoms. The summed E-state index contributed by atoms with van der Waals surface area (Å²) in [7, 11) is -3.83. The summed E-state index contributed by atoms with van der Waals surface area (Å²) < 4.78 is 28.6. The lowest BCUT2D eigenvalue weighted by Gasteiger charge is -2.30. The average molecular weight is 573 g/mol. The number of nitrogens with one attached hydrogen (secondary N) is 1. The van der Waals surface area contributed by atoms with Crippen molar-refractivity contribution in [1.29, 1.82) is 0 Å². The smallest absolute Gasteiger partial charge is 0.269 e. The highest BCUT2D eigenvalue weighted by Crippen LogP contribution is 2.29. The second-order valence-electron chi connectivity index (χ2n) is 8.14. The zero-order chi connectivity index (χ0) is 26.0. The molecule has 1 amide bonds. The third-order valence-electron chi connectivity index (χ3n) is 5.85. The molecule has 1 aliphatic rings. The second kappa shape index (κ2) is 10.7. The fraction of sp³-hybridized carbons (Fsp3) is 0.273. The van der Waals surface area contributed by atoms with Crippen LogP contribution in [0.4, 0.5) is 11.5 Å². The number of non-ortho nitro benzene ring substituents is 1. The number of anilines is 1. The Morgan fingerprint density at radius 3 is 2.25 bits per heavy atom. The van der Waals surface area contributed by atoms with Gasteiger partial charge >= 0.3 is 0 Å². The van der Waals surface area contributed by atoms with Gasteiger partial charge in [0.1, 0.15) is 5.02 Å². The summed E-state index contributed by atoms with van der Waals surface area (Å²) in [6.07, 6.45) is 2.15. The van der Waals surface area contributed by atoms with E-state index in [1.54, 1.807) is 24.4 Å². The minimum atomic E-state index is -3.83. The van der Waals surface area contributed by atoms with Crippen LogP contribution in [0, 0.1) is 16.0 Å². The molecule has 14 heteroatoms. The third kappa shape index (κ3) is 5.65. The van der Waals surface area contributed by atoms with E-state index in [4.69, 9.17) is 34.8 Å². The lowest BCUT2D eigenvalue weighted by atomic mass is 9.97. The monoisotopic (exact) mass is 571 g/mol. The molecular formula is C22H20Cl3N5O5S. The molecule has 10 nitrogen and oxygen atoms in total. The van der Waals surface area contributed by atoms with Crippen molar-refractivity contribution in [3.8, 4) is 0 Å². The number of carbonyl (C=O) groups excluding carboxylic acids is 1. The number of hydrogen-bond acceptors (Lipinski definition) is 6. The van der Waals surface area contributed by atoms with Gasteiger partial charge in [-0.1, -0.05) is 40.9 Å². The quantitative estimate of drug-likeness (QED) is 0.319. The molecule has 0 aliphatic carbocycles. The SMILES string of the molecule is O=C(Nc1nn(Cc2c(Cl)cccc2Cl)cc1Cl)C1CCN(S(=O)(=O)c2ccc([N+](=O)[O-])cc2)CC1. The summed E-state index contributed by atoms with van der Waals surface area (Å²) in [5.74, 6) is -0.566. The minimum absolute atomic E-state index is 0.0352. The van der Waals surface area contributed by atoms with Gasteiger partial charge in [-0.05, 0) is 37.1 Å². The number of hydrogen-bond donors (Lipinski definition) is 1. The molecule has 1 N–H and O–H groups in total. The highest BCUT2D eigenvalue weighted by Gasteiger charge is 2.32. The van der Waals surface area contributed by atoms with Crippen LogP contribution in [0.3, 0.4) is 0 Å². The largest absolute Gasteiger partial charge is 0.308 e. The van der Waals surface area contributed by atoms with Crippen LogP contribution in [0.15, 0.2) is 53.6 Å². The van der Waals surface area contributed by atoms with Crippen LogP contribution >= 0.6 is 34.8 Å². The number of carbonyl (C=O) groups is 1. The Morgan fingerprint density at radius 1 is 1.06 bits per heavy atom. The molecule has 1 saturated heterocycles. The molecule has 0 bridgehead atoms. The van der Waals surface area contributed by atoms with Crippen molar-refractivity contribution in [2.24, 2.45) is 5.92 Å². The molecule has 0 radical (unpaired) electrons. The molecule has 4 rings (SSSR count). The number of halogens is 3. The van der Waals surface area contributed by atoms with Crippen LogP contribution in [0.1, 0.15) is 18.4 Å². The molecule has 0 spiro atoms. The van der Waals surface area contributed by atoms with Crippen LogP contribution in [0.5, 0.6) is 0 Å².